The van der Waals surface area contributed by atoms with Gasteiger partial charge in [-0.25, -0.2) is 19.2 Å². The number of hydrogen-bond acceptors (Lipinski definition) is 17. The second-order valence-electron chi connectivity index (χ2n) is 22.0. The van der Waals surface area contributed by atoms with E-state index in [1.54, 1.807) is 84.9 Å². The van der Waals surface area contributed by atoms with Gasteiger partial charge in [-0.1, -0.05) is 54.6 Å². The van der Waals surface area contributed by atoms with E-state index in [1.807, 2.05) is 103 Å². The van der Waals surface area contributed by atoms with Crippen LogP contribution in [0.15, 0.2) is 188 Å². The maximum Gasteiger partial charge on any atom is 0.519 e. The Labute approximate surface area is 623 Å². The molecule has 102 heavy (non-hydrogen) atoms. The fourth-order valence-electron chi connectivity index (χ4n) is 8.91. The van der Waals surface area contributed by atoms with E-state index in [0.29, 0.717) is 111 Å². The second kappa shape index (κ2) is 49.3. The molecule has 8 N–H and O–H groups in total. The minimum absolute atomic E-state index is 0.0218. The lowest BCUT2D eigenvalue weighted by Gasteiger charge is -2.23. The van der Waals surface area contributed by atoms with Crippen LogP contribution in [0.1, 0.15) is 52.4 Å². The van der Waals surface area contributed by atoms with Crippen molar-refractivity contribution in [1.29, 1.82) is 0 Å². The van der Waals surface area contributed by atoms with Crippen LogP contribution < -0.4 is 66.0 Å². The van der Waals surface area contributed by atoms with E-state index >= 15 is 0 Å². The van der Waals surface area contributed by atoms with Gasteiger partial charge >= 0.3 is 24.3 Å². The number of nitro benzene ring substituents is 1. The van der Waals surface area contributed by atoms with Gasteiger partial charge in [-0.3, -0.25) is 24.5 Å². The molecule has 30 heteroatoms. The van der Waals surface area contributed by atoms with Crippen LogP contribution in [0.5, 0.6) is 23.0 Å². The molecule has 0 radical (unpaired) electrons. The Balaban J connectivity index is 0.000000297. The molecular weight excluding hydrogens is 1440 g/mol. The maximum atomic E-state index is 12.1. The minimum atomic E-state index is -1.27. The van der Waals surface area contributed by atoms with Crippen molar-refractivity contribution in [3.05, 3.63) is 198 Å². The summed E-state index contributed by atoms with van der Waals surface area (Å²) in [5.74, 6) is 2.25. The molecule has 0 fully saturated rings. The summed E-state index contributed by atoms with van der Waals surface area (Å²) >= 11 is 34.8. The predicted octanol–water partition coefficient (Wildman–Crippen LogP) is 15.0. The van der Waals surface area contributed by atoms with Gasteiger partial charge in [0.05, 0.1) is 4.92 Å². The zero-order chi connectivity index (χ0) is 74.4. The Morgan fingerprint density at radius 2 is 0.725 bits per heavy atom. The van der Waals surface area contributed by atoms with Gasteiger partial charge in [-0.05, 0) is 154 Å². The number of para-hydroxylation sites is 3. The van der Waals surface area contributed by atoms with Crippen molar-refractivity contribution >= 4 is 151 Å². The SMILES string of the molecule is CC(CCC(=O)Nc1ccccc1)NC(=O)Oc1ccc(N(CCCl)CCCl)cc1.CC(N)CCC(=O)Nc1ccccc1.O=C(CCC(NC(=O)Oc1ccc(N(CCCl)CCCl)cc1)C(=O)O)Nc1ccccc1.O=C(Oc1ccc(N(CCCl)CCCl)cc1)Oc1ccc([N+](=O)[O-])cc1. The first kappa shape index (κ1) is 85.1. The monoisotopic (exact) mass is 1520 g/mol. The maximum absolute atomic E-state index is 12.1. The lowest BCUT2D eigenvalue weighted by molar-refractivity contribution is -0.384. The van der Waals surface area contributed by atoms with Gasteiger partial charge in [0.2, 0.25) is 17.7 Å². The number of alkyl halides is 6. The van der Waals surface area contributed by atoms with Crippen LogP contribution >= 0.6 is 69.6 Å². The molecule has 0 aromatic heterocycles. The number of benzene rings is 7. The molecule has 3 unspecified atom stereocenters. The van der Waals surface area contributed by atoms with Crippen molar-refractivity contribution in [2.45, 2.75) is 70.5 Å². The number of nitro groups is 1. The number of nitrogens with zero attached hydrogens (tertiary/aromatic N) is 4. The molecule has 7 aromatic rings. The van der Waals surface area contributed by atoms with Gasteiger partial charge in [-0.2, -0.15) is 0 Å². The Bertz CT molecular complexity index is 3590. The number of aliphatic carboxylic acids is 1. The lowest BCUT2D eigenvalue weighted by Crippen LogP contribution is -2.42. The number of carboxylic acid groups (broad SMARTS) is 1. The number of anilines is 6. The number of carbonyl (C=O) groups is 7. The molecule has 5 amide bonds. The summed E-state index contributed by atoms with van der Waals surface area (Å²) in [5, 5.41) is 33.3. The number of rotatable bonds is 35. The second-order valence-corrected chi connectivity index (χ2v) is 24.2. The topological polar surface area (TPSA) is 316 Å². The zero-order valence-corrected chi connectivity index (χ0v) is 60.8. The summed E-state index contributed by atoms with van der Waals surface area (Å²) in [6.07, 6.45) is -0.605. The molecule has 0 spiro atoms. The summed E-state index contributed by atoms with van der Waals surface area (Å²) in [5.41, 5.74) is 10.4. The zero-order valence-electron chi connectivity index (χ0n) is 56.2. The first-order chi connectivity index (χ1) is 49.1. The number of nitrogens with one attached hydrogen (secondary N) is 5. The third-order valence-corrected chi connectivity index (χ3v) is 15.0. The van der Waals surface area contributed by atoms with Gasteiger partial charge in [0.25, 0.3) is 5.69 Å². The highest BCUT2D eigenvalue weighted by Crippen LogP contribution is 2.25. The predicted molar refractivity (Wildman–Crippen MR) is 406 cm³/mol. The summed E-state index contributed by atoms with van der Waals surface area (Å²) in [6.45, 7) is 7.63. The molecular formula is C72H84Cl6N10O14. The number of amides is 5. The molecule has 0 heterocycles. The Morgan fingerprint density at radius 3 is 1.03 bits per heavy atom. The molecule has 0 saturated carbocycles. The van der Waals surface area contributed by atoms with Gasteiger partial charge < -0.3 is 71.1 Å². The van der Waals surface area contributed by atoms with E-state index in [1.165, 1.54) is 24.3 Å². The highest BCUT2D eigenvalue weighted by molar-refractivity contribution is 6.19. The van der Waals surface area contributed by atoms with E-state index in [9.17, 15) is 48.8 Å². The first-order valence-electron chi connectivity index (χ1n) is 32.2. The number of carboxylic acids is 1. The van der Waals surface area contributed by atoms with Crippen LogP contribution in [0.25, 0.3) is 0 Å². The van der Waals surface area contributed by atoms with Crippen molar-refractivity contribution in [1.82, 2.24) is 10.6 Å². The fraction of sp³-hybridized carbons (Fsp3) is 0.319. The number of hydrogen-bond donors (Lipinski definition) is 7. The first-order valence-corrected chi connectivity index (χ1v) is 35.4. The van der Waals surface area contributed by atoms with Gasteiger partial charge in [0, 0.05) is 152 Å². The van der Waals surface area contributed by atoms with Crippen LogP contribution in [-0.2, 0) is 19.2 Å². The minimum Gasteiger partial charge on any atom is -0.480 e. The van der Waals surface area contributed by atoms with Crippen LogP contribution in [0.4, 0.5) is 54.2 Å². The Hall–Kier alpha value is -9.27. The van der Waals surface area contributed by atoms with Crippen LogP contribution in [0.3, 0.4) is 0 Å². The number of carbonyl (C=O) groups excluding carboxylic acids is 6. The summed E-state index contributed by atoms with van der Waals surface area (Å²) in [6, 6.07) is 51.9. The van der Waals surface area contributed by atoms with E-state index in [2.05, 4.69) is 31.5 Å². The highest BCUT2D eigenvalue weighted by Gasteiger charge is 2.23. The molecule has 3 atom stereocenters. The van der Waals surface area contributed by atoms with E-state index in [4.69, 9.17) is 94.3 Å². The molecule has 548 valence electrons. The normalized spacial score (nSPS) is 11.2. The standard InChI is InChI=1S/C22H25Cl2N3O5.C22H27Cl2N3O3.C17H16Cl2N2O5.C11H16N2O/c23-12-14-27(15-13-24)17-6-8-18(9-7-17)32-22(31)26-19(21(29)30)10-11-20(28)25-16-4-2-1-3-5-16;1-17(7-12-21(28)26-18-5-3-2-4-6-18)25-22(29)30-20-10-8-19(9-11-20)27(15-13-23)16-14-24;18-9-11-20(12-10-19)13-1-5-15(6-2-13)25-17(22)26-16-7-3-14(4-8-16)21(23)24;1-9(12)7-8-11(14)13-10-5-3-2-4-6-10/h1-9,19H,10-15H2,(H,25,28)(H,26,31)(H,29,30);2-6,8-11,17H,7,12-16H2,1H3,(H,25,29)(H,26,28);1-8H,9-12H2;2-6,9H,7-8,12H2,1H3,(H,13,14). The third kappa shape index (κ3) is 35.4. The molecule has 0 aliphatic heterocycles. The number of halogens is 6. The Kier molecular flexibility index (Phi) is 41.2. The van der Waals surface area contributed by atoms with E-state index in [0.717, 1.165) is 34.9 Å². The number of non-ortho nitro benzene ring substituents is 1. The smallest absolute Gasteiger partial charge is 0.480 e. The molecule has 0 aliphatic rings. The quantitative estimate of drug-likeness (QED) is 0.00638. The summed E-state index contributed by atoms with van der Waals surface area (Å²) in [4.78, 5) is 99.0. The molecule has 0 aliphatic carbocycles. The molecule has 24 nitrogen and oxygen atoms in total. The Morgan fingerprint density at radius 1 is 0.431 bits per heavy atom. The molecule has 7 aromatic carbocycles. The van der Waals surface area contributed by atoms with Crippen LogP contribution in [-0.4, -0.2) is 145 Å². The van der Waals surface area contributed by atoms with Crippen LogP contribution in [0, 0.1) is 10.1 Å². The van der Waals surface area contributed by atoms with E-state index < -0.39 is 35.3 Å². The fourth-order valence-corrected chi connectivity index (χ4v) is 10.1. The van der Waals surface area contributed by atoms with Gasteiger partial charge in [-0.15, -0.1) is 69.6 Å². The largest absolute Gasteiger partial charge is 0.519 e. The van der Waals surface area contributed by atoms with Gasteiger partial charge in [0.15, 0.2) is 0 Å². The number of nitrogens with two attached hydrogens (primary N) is 1. The molecule has 7 rings (SSSR count). The van der Waals surface area contributed by atoms with Crippen molar-refractivity contribution in [3.8, 4) is 23.0 Å². The van der Waals surface area contributed by atoms with E-state index in [-0.39, 0.29) is 59.8 Å². The van der Waals surface area contributed by atoms with Crippen molar-refractivity contribution in [2.24, 2.45) is 5.73 Å². The average Bonchev–Trinajstić information content (AvgIpc) is 0.885. The number of ether oxygens (including phenoxy) is 4. The lowest BCUT2D eigenvalue weighted by atomic mass is 10.1. The van der Waals surface area contributed by atoms with Crippen LogP contribution in [0.2, 0.25) is 0 Å². The molecule has 0 saturated heterocycles. The highest BCUT2D eigenvalue weighted by atomic mass is 35.5. The van der Waals surface area contributed by atoms with Crippen molar-refractivity contribution < 1.29 is 62.5 Å². The summed E-state index contributed by atoms with van der Waals surface area (Å²) in [7, 11) is 0. The van der Waals surface area contributed by atoms with Gasteiger partial charge in [0.1, 0.15) is 29.0 Å². The van der Waals surface area contributed by atoms with Crippen molar-refractivity contribution in [3.63, 3.8) is 0 Å². The summed E-state index contributed by atoms with van der Waals surface area (Å²) < 4.78 is 20.6. The molecule has 0 bridgehead atoms. The van der Waals surface area contributed by atoms with Crippen molar-refractivity contribution in [2.75, 3.05) is 105 Å². The third-order valence-electron chi connectivity index (χ3n) is 14.0. The average molecular weight is 1530 g/mol.